The summed E-state index contributed by atoms with van der Waals surface area (Å²) in [7, 11) is 0. The fourth-order valence-corrected chi connectivity index (χ4v) is 2.15. The van der Waals surface area contributed by atoms with E-state index in [0.717, 1.165) is 19.5 Å². The van der Waals surface area contributed by atoms with Gasteiger partial charge in [0.25, 0.3) is 0 Å². The summed E-state index contributed by atoms with van der Waals surface area (Å²) in [6.45, 7) is 7.26. The summed E-state index contributed by atoms with van der Waals surface area (Å²) >= 11 is 0. The molecule has 1 atom stereocenters. The Morgan fingerprint density at radius 2 is 1.95 bits per heavy atom. The van der Waals surface area contributed by atoms with Crippen molar-refractivity contribution in [1.82, 2.24) is 15.2 Å². The fourth-order valence-electron chi connectivity index (χ4n) is 2.15. The molecule has 0 spiro atoms. The van der Waals surface area contributed by atoms with E-state index in [-0.39, 0.29) is 12.0 Å². The molecule has 1 aliphatic heterocycles. The van der Waals surface area contributed by atoms with E-state index in [2.05, 4.69) is 17.2 Å². The van der Waals surface area contributed by atoms with Crippen molar-refractivity contribution in [2.45, 2.75) is 32.7 Å². The first-order valence-corrected chi connectivity index (χ1v) is 6.73. The summed E-state index contributed by atoms with van der Waals surface area (Å²) in [4.78, 5) is 26.6. The number of carbonyl (C=O) groups excluding carboxylic acids is 2. The number of rotatable bonds is 5. The van der Waals surface area contributed by atoms with Crippen LogP contribution in [0.5, 0.6) is 0 Å². The van der Waals surface area contributed by atoms with Crippen LogP contribution in [0.25, 0.3) is 0 Å². The molecule has 0 aliphatic carbocycles. The van der Waals surface area contributed by atoms with Crippen LogP contribution in [-0.4, -0.2) is 60.6 Å². The van der Waals surface area contributed by atoms with Crippen molar-refractivity contribution in [3.8, 4) is 0 Å². The summed E-state index contributed by atoms with van der Waals surface area (Å²) in [5.74, 6) is 4.90. The Hall–Kier alpha value is -1.34. The van der Waals surface area contributed by atoms with Crippen LogP contribution >= 0.6 is 0 Å². The maximum atomic E-state index is 11.5. The van der Waals surface area contributed by atoms with E-state index >= 15 is 0 Å². The van der Waals surface area contributed by atoms with Gasteiger partial charge in [-0.05, 0) is 20.3 Å². The third kappa shape index (κ3) is 5.04. The Morgan fingerprint density at radius 1 is 1.32 bits per heavy atom. The van der Waals surface area contributed by atoms with Gasteiger partial charge >= 0.3 is 6.09 Å². The lowest BCUT2D eigenvalue weighted by Crippen LogP contribution is -2.51. The molecular weight excluding hydrogens is 248 g/mol. The van der Waals surface area contributed by atoms with Crippen molar-refractivity contribution in [2.75, 3.05) is 32.8 Å². The van der Waals surface area contributed by atoms with Gasteiger partial charge in [-0.1, -0.05) is 0 Å². The smallest absolute Gasteiger partial charge is 0.409 e. The van der Waals surface area contributed by atoms with Gasteiger partial charge < -0.3 is 9.64 Å². The van der Waals surface area contributed by atoms with E-state index in [1.54, 1.807) is 11.8 Å². The van der Waals surface area contributed by atoms with Gasteiger partial charge in [0.15, 0.2) is 0 Å². The van der Waals surface area contributed by atoms with E-state index in [1.165, 1.54) is 0 Å². The second-order valence-electron chi connectivity index (χ2n) is 4.68. The summed E-state index contributed by atoms with van der Waals surface area (Å²) < 4.78 is 4.97. The van der Waals surface area contributed by atoms with E-state index < -0.39 is 0 Å². The van der Waals surface area contributed by atoms with Gasteiger partial charge in [-0.2, -0.15) is 0 Å². The first kappa shape index (κ1) is 15.7. The molecule has 1 unspecified atom stereocenters. The minimum absolute atomic E-state index is 0.142. The lowest BCUT2D eigenvalue weighted by atomic mass is 10.1. The van der Waals surface area contributed by atoms with Crippen LogP contribution in [0.1, 0.15) is 26.7 Å². The second kappa shape index (κ2) is 7.96. The van der Waals surface area contributed by atoms with Crippen LogP contribution in [0.2, 0.25) is 0 Å². The van der Waals surface area contributed by atoms with Crippen molar-refractivity contribution >= 4 is 12.0 Å². The zero-order chi connectivity index (χ0) is 14.3. The first-order chi connectivity index (χ1) is 9.08. The molecule has 0 radical (unpaired) electrons. The summed E-state index contributed by atoms with van der Waals surface area (Å²) in [5.41, 5.74) is 2.13. The average molecular weight is 272 g/mol. The molecule has 2 amide bonds. The van der Waals surface area contributed by atoms with Crippen molar-refractivity contribution in [2.24, 2.45) is 5.84 Å². The molecule has 0 saturated carbocycles. The molecule has 7 heteroatoms. The molecule has 0 aromatic carbocycles. The number of nitrogens with zero attached hydrogens (tertiary/aromatic N) is 2. The van der Waals surface area contributed by atoms with E-state index in [4.69, 9.17) is 10.6 Å². The van der Waals surface area contributed by atoms with Gasteiger partial charge in [-0.15, -0.1) is 0 Å². The zero-order valence-corrected chi connectivity index (χ0v) is 11.7. The quantitative estimate of drug-likeness (QED) is 0.415. The summed E-state index contributed by atoms with van der Waals surface area (Å²) in [6, 6.07) is 0.307. The van der Waals surface area contributed by atoms with Gasteiger partial charge in [-0.25, -0.2) is 10.6 Å². The maximum absolute atomic E-state index is 11.5. The summed E-state index contributed by atoms with van der Waals surface area (Å²) in [5, 5.41) is 0. The molecule has 3 N–H and O–H groups in total. The highest BCUT2D eigenvalue weighted by atomic mass is 16.6. The molecule has 1 aliphatic rings. The van der Waals surface area contributed by atoms with Crippen LogP contribution in [0.3, 0.4) is 0 Å². The molecule has 0 bridgehead atoms. The monoisotopic (exact) mass is 272 g/mol. The van der Waals surface area contributed by atoms with E-state index in [1.807, 2.05) is 0 Å². The van der Waals surface area contributed by atoms with Crippen LogP contribution < -0.4 is 11.3 Å². The lowest BCUT2D eigenvalue weighted by Gasteiger charge is -2.37. The topological polar surface area (TPSA) is 87.9 Å². The van der Waals surface area contributed by atoms with Crippen molar-refractivity contribution < 1.29 is 14.3 Å². The molecule has 1 heterocycles. The third-order valence-corrected chi connectivity index (χ3v) is 3.41. The minimum Gasteiger partial charge on any atom is -0.450 e. The van der Waals surface area contributed by atoms with Gasteiger partial charge in [0, 0.05) is 38.6 Å². The van der Waals surface area contributed by atoms with Gasteiger partial charge in [-0.3, -0.25) is 15.1 Å². The number of hydrogen-bond donors (Lipinski definition) is 2. The van der Waals surface area contributed by atoms with Crippen LogP contribution in [-0.2, 0) is 9.53 Å². The Balaban J connectivity index is 2.28. The number of amides is 2. The predicted octanol–water partition coefficient (Wildman–Crippen LogP) is -0.0809. The fraction of sp³-hybridized carbons (Fsp3) is 0.833. The van der Waals surface area contributed by atoms with Gasteiger partial charge in [0.1, 0.15) is 0 Å². The molecule has 19 heavy (non-hydrogen) atoms. The third-order valence-electron chi connectivity index (χ3n) is 3.41. The number of hydrazine groups is 1. The van der Waals surface area contributed by atoms with Crippen LogP contribution in [0.4, 0.5) is 4.79 Å². The van der Waals surface area contributed by atoms with Crippen LogP contribution in [0, 0.1) is 0 Å². The van der Waals surface area contributed by atoms with E-state index in [0.29, 0.717) is 32.2 Å². The second-order valence-corrected chi connectivity index (χ2v) is 4.68. The Bertz CT molecular complexity index is 303. The Morgan fingerprint density at radius 3 is 2.47 bits per heavy atom. The average Bonchev–Trinajstić information content (AvgIpc) is 2.44. The van der Waals surface area contributed by atoms with Crippen molar-refractivity contribution in [3.63, 3.8) is 0 Å². The summed E-state index contributed by atoms with van der Waals surface area (Å²) in [6.07, 6.45) is 0.954. The SMILES string of the molecule is CCOC(=O)N1CCN(C(C)CCC(=O)NN)CC1. The lowest BCUT2D eigenvalue weighted by molar-refractivity contribution is -0.121. The molecule has 1 saturated heterocycles. The minimum atomic E-state index is -0.239. The molecule has 0 aromatic heterocycles. The van der Waals surface area contributed by atoms with E-state index in [9.17, 15) is 9.59 Å². The highest BCUT2D eigenvalue weighted by molar-refractivity contribution is 5.75. The van der Waals surface area contributed by atoms with Crippen molar-refractivity contribution in [3.05, 3.63) is 0 Å². The molecule has 1 fully saturated rings. The number of ether oxygens (including phenoxy) is 1. The van der Waals surface area contributed by atoms with Gasteiger partial charge in [0.2, 0.25) is 5.91 Å². The highest BCUT2D eigenvalue weighted by Gasteiger charge is 2.24. The largest absolute Gasteiger partial charge is 0.450 e. The van der Waals surface area contributed by atoms with Crippen LogP contribution in [0.15, 0.2) is 0 Å². The molecular formula is C12H24N4O3. The zero-order valence-electron chi connectivity index (χ0n) is 11.7. The van der Waals surface area contributed by atoms with Crippen molar-refractivity contribution in [1.29, 1.82) is 0 Å². The molecule has 1 rings (SSSR count). The number of piperazine rings is 1. The standard InChI is InChI=1S/C12H24N4O3/c1-3-19-12(18)16-8-6-15(7-9-16)10(2)4-5-11(17)14-13/h10H,3-9,13H2,1-2H3,(H,14,17). The predicted molar refractivity (Wildman–Crippen MR) is 71.2 cm³/mol. The maximum Gasteiger partial charge on any atom is 0.409 e. The normalized spacial score (nSPS) is 17.9. The molecule has 7 nitrogen and oxygen atoms in total. The van der Waals surface area contributed by atoms with Gasteiger partial charge in [0.05, 0.1) is 6.61 Å². The first-order valence-electron chi connectivity index (χ1n) is 6.73. The number of nitrogens with one attached hydrogen (secondary N) is 1. The number of carbonyl (C=O) groups is 2. The molecule has 110 valence electrons. The Kier molecular flexibility index (Phi) is 6.58. The number of hydrogen-bond acceptors (Lipinski definition) is 5. The Labute approximate surface area is 114 Å². The highest BCUT2D eigenvalue weighted by Crippen LogP contribution is 2.11. The molecule has 0 aromatic rings. The number of nitrogens with two attached hydrogens (primary N) is 1.